The van der Waals surface area contributed by atoms with E-state index in [1.54, 1.807) is 19.1 Å². The Morgan fingerprint density at radius 2 is 1.68 bits per heavy atom. The van der Waals surface area contributed by atoms with Gasteiger partial charge in [0.05, 0.1) is 6.54 Å². The van der Waals surface area contributed by atoms with E-state index in [1.807, 2.05) is 43.3 Å². The van der Waals surface area contributed by atoms with Gasteiger partial charge in [0.2, 0.25) is 5.91 Å². The third-order valence-electron chi connectivity index (χ3n) is 5.50. The maximum Gasteiger partial charge on any atom is 0.325 e. The van der Waals surface area contributed by atoms with Crippen molar-refractivity contribution in [3.05, 3.63) is 70.8 Å². The minimum Gasteiger partial charge on any atom is -0.356 e. The number of Topliss-reactive ketones (excluding diaryl/α,β-unsaturated/α-hetero) is 1. The van der Waals surface area contributed by atoms with E-state index in [-0.39, 0.29) is 18.2 Å². The smallest absolute Gasteiger partial charge is 0.325 e. The molecule has 7 heteroatoms. The number of ketones is 1. The number of carbonyl (C=O) groups is 4. The lowest BCUT2D eigenvalue weighted by molar-refractivity contribution is -0.130. The highest BCUT2D eigenvalue weighted by atomic mass is 16.2. The van der Waals surface area contributed by atoms with Crippen molar-refractivity contribution in [3.8, 4) is 0 Å². The molecule has 1 aliphatic rings. The molecule has 1 fully saturated rings. The van der Waals surface area contributed by atoms with Gasteiger partial charge in [-0.05, 0) is 37.8 Å². The second kappa shape index (κ2) is 9.12. The molecular weight excluding hydrogens is 394 g/mol. The Morgan fingerprint density at radius 1 is 1.03 bits per heavy atom. The highest BCUT2D eigenvalue weighted by molar-refractivity contribution is 6.11. The van der Waals surface area contributed by atoms with Gasteiger partial charge in [-0.25, -0.2) is 4.79 Å². The summed E-state index contributed by atoms with van der Waals surface area (Å²) in [5.74, 6) is -0.800. The zero-order valence-corrected chi connectivity index (χ0v) is 18.0. The monoisotopic (exact) mass is 421 g/mol. The Labute approximate surface area is 181 Å². The molecule has 7 nitrogen and oxygen atoms in total. The Morgan fingerprint density at radius 3 is 2.29 bits per heavy atom. The van der Waals surface area contributed by atoms with E-state index >= 15 is 0 Å². The number of rotatable bonds is 8. The van der Waals surface area contributed by atoms with Gasteiger partial charge in [-0.1, -0.05) is 54.1 Å². The fourth-order valence-corrected chi connectivity index (χ4v) is 3.57. The van der Waals surface area contributed by atoms with Gasteiger partial charge in [-0.2, -0.15) is 0 Å². The molecule has 2 N–H and O–H groups in total. The normalized spacial score (nSPS) is 18.1. The number of carbonyl (C=O) groups excluding carboxylic acids is 4. The number of nitrogens with one attached hydrogen (secondary N) is 2. The molecule has 1 saturated heterocycles. The van der Waals surface area contributed by atoms with Crippen molar-refractivity contribution in [2.24, 2.45) is 0 Å². The van der Waals surface area contributed by atoms with Gasteiger partial charge in [-0.3, -0.25) is 19.3 Å². The summed E-state index contributed by atoms with van der Waals surface area (Å²) in [6.07, 6.45) is 1.57. The molecule has 1 aliphatic heterocycles. The lowest BCUT2D eigenvalue weighted by Crippen LogP contribution is -2.41. The standard InChI is InChI=1S/C24H27N3O4/c1-16-6-12-20(13-7-16)24(3)22(30)27(23(31)26-24)15-21(29)19-10-8-18(9-11-19)5-4-14-25-17(2)28/h6-13H,4-5,14-15H2,1-3H3,(H,25,28)(H,26,31)/t24-/m1/s1. The van der Waals surface area contributed by atoms with Crippen LogP contribution >= 0.6 is 0 Å². The van der Waals surface area contributed by atoms with E-state index in [1.165, 1.54) is 6.92 Å². The molecule has 1 atom stereocenters. The van der Waals surface area contributed by atoms with Crippen molar-refractivity contribution >= 4 is 23.6 Å². The van der Waals surface area contributed by atoms with E-state index in [2.05, 4.69) is 10.6 Å². The maximum atomic E-state index is 13.0. The van der Waals surface area contributed by atoms with E-state index < -0.39 is 17.5 Å². The molecule has 0 spiro atoms. The van der Waals surface area contributed by atoms with Crippen molar-refractivity contribution in [2.45, 2.75) is 39.2 Å². The molecule has 0 radical (unpaired) electrons. The van der Waals surface area contributed by atoms with Crippen LogP contribution in [0.4, 0.5) is 4.79 Å². The van der Waals surface area contributed by atoms with Crippen molar-refractivity contribution in [2.75, 3.05) is 13.1 Å². The molecule has 0 unspecified atom stereocenters. The van der Waals surface area contributed by atoms with Crippen LogP contribution in [0, 0.1) is 6.92 Å². The maximum absolute atomic E-state index is 13.0. The molecule has 4 amide bonds. The minimum atomic E-state index is -1.19. The third kappa shape index (κ3) is 4.99. The van der Waals surface area contributed by atoms with E-state index in [4.69, 9.17) is 0 Å². The van der Waals surface area contributed by atoms with Crippen LogP contribution in [-0.2, 0) is 21.5 Å². The molecule has 162 valence electrons. The van der Waals surface area contributed by atoms with Crippen molar-refractivity contribution in [3.63, 3.8) is 0 Å². The summed E-state index contributed by atoms with van der Waals surface area (Å²) in [6, 6.07) is 13.9. The van der Waals surface area contributed by atoms with Crippen LogP contribution < -0.4 is 10.6 Å². The van der Waals surface area contributed by atoms with E-state index in [0.717, 1.165) is 28.9 Å². The Hall–Kier alpha value is -3.48. The number of urea groups is 1. The van der Waals surface area contributed by atoms with Crippen LogP contribution in [0.3, 0.4) is 0 Å². The molecule has 2 aromatic carbocycles. The first-order valence-corrected chi connectivity index (χ1v) is 10.3. The van der Waals surface area contributed by atoms with Crippen LogP contribution in [0.5, 0.6) is 0 Å². The van der Waals surface area contributed by atoms with Gasteiger partial charge >= 0.3 is 6.03 Å². The summed E-state index contributed by atoms with van der Waals surface area (Å²) in [5, 5.41) is 5.47. The summed E-state index contributed by atoms with van der Waals surface area (Å²) < 4.78 is 0. The van der Waals surface area contributed by atoms with Gasteiger partial charge in [0.15, 0.2) is 5.78 Å². The first-order chi connectivity index (χ1) is 14.7. The Bertz CT molecular complexity index is 998. The average molecular weight is 421 g/mol. The van der Waals surface area contributed by atoms with Gasteiger partial charge < -0.3 is 10.6 Å². The van der Waals surface area contributed by atoms with Gasteiger partial charge in [0.25, 0.3) is 5.91 Å². The Kier molecular flexibility index (Phi) is 6.53. The number of imide groups is 1. The third-order valence-corrected chi connectivity index (χ3v) is 5.50. The summed E-state index contributed by atoms with van der Waals surface area (Å²) in [7, 11) is 0. The molecule has 0 bridgehead atoms. The molecule has 0 aliphatic carbocycles. The van der Waals surface area contributed by atoms with Crippen molar-refractivity contribution < 1.29 is 19.2 Å². The fraction of sp³-hybridized carbons (Fsp3) is 0.333. The number of hydrogen-bond acceptors (Lipinski definition) is 4. The molecule has 0 aromatic heterocycles. The summed E-state index contributed by atoms with van der Waals surface area (Å²) >= 11 is 0. The highest BCUT2D eigenvalue weighted by Gasteiger charge is 2.49. The van der Waals surface area contributed by atoms with Crippen LogP contribution in [0.25, 0.3) is 0 Å². The first-order valence-electron chi connectivity index (χ1n) is 10.3. The fourth-order valence-electron chi connectivity index (χ4n) is 3.57. The second-order valence-corrected chi connectivity index (χ2v) is 8.02. The zero-order valence-electron chi connectivity index (χ0n) is 18.0. The SMILES string of the molecule is CC(=O)NCCCc1ccc(C(=O)CN2C(=O)N[C@](C)(c3ccc(C)cc3)C2=O)cc1. The molecule has 0 saturated carbocycles. The predicted molar refractivity (Wildman–Crippen MR) is 117 cm³/mol. The van der Waals surface area contributed by atoms with Gasteiger partial charge in [0.1, 0.15) is 5.54 Å². The quantitative estimate of drug-likeness (QED) is 0.389. The van der Waals surface area contributed by atoms with Gasteiger partial charge in [0, 0.05) is 19.0 Å². The summed E-state index contributed by atoms with van der Waals surface area (Å²) in [5.41, 5.74) is 2.02. The average Bonchev–Trinajstić information content (AvgIpc) is 2.95. The van der Waals surface area contributed by atoms with E-state index in [0.29, 0.717) is 17.7 Å². The van der Waals surface area contributed by atoms with Crippen LogP contribution in [0.2, 0.25) is 0 Å². The summed E-state index contributed by atoms with van der Waals surface area (Å²) in [6.45, 7) is 5.36. The first kappa shape index (κ1) is 22.2. The van der Waals surface area contributed by atoms with Crippen LogP contribution in [0.15, 0.2) is 48.5 Å². The largest absolute Gasteiger partial charge is 0.356 e. The molecular formula is C24H27N3O4. The van der Waals surface area contributed by atoms with Crippen molar-refractivity contribution in [1.82, 2.24) is 15.5 Å². The Balaban J connectivity index is 1.63. The molecule has 3 rings (SSSR count). The van der Waals surface area contributed by atoms with Crippen LogP contribution in [0.1, 0.15) is 47.3 Å². The number of amides is 4. The number of nitrogens with zero attached hydrogens (tertiary/aromatic N) is 1. The number of benzene rings is 2. The lowest BCUT2D eigenvalue weighted by atomic mass is 9.91. The van der Waals surface area contributed by atoms with Crippen molar-refractivity contribution in [1.29, 1.82) is 0 Å². The minimum absolute atomic E-state index is 0.0556. The zero-order chi connectivity index (χ0) is 22.6. The number of hydrogen-bond donors (Lipinski definition) is 2. The number of aryl methyl sites for hydroxylation is 2. The summed E-state index contributed by atoms with van der Waals surface area (Å²) in [4.78, 5) is 50.0. The predicted octanol–water partition coefficient (Wildman–Crippen LogP) is 2.71. The topological polar surface area (TPSA) is 95.6 Å². The van der Waals surface area contributed by atoms with Gasteiger partial charge in [-0.15, -0.1) is 0 Å². The molecule has 1 heterocycles. The second-order valence-electron chi connectivity index (χ2n) is 8.02. The highest BCUT2D eigenvalue weighted by Crippen LogP contribution is 2.29. The molecule has 31 heavy (non-hydrogen) atoms. The van der Waals surface area contributed by atoms with Crippen LogP contribution in [-0.4, -0.2) is 41.6 Å². The lowest BCUT2D eigenvalue weighted by Gasteiger charge is -2.22. The van der Waals surface area contributed by atoms with E-state index in [9.17, 15) is 19.2 Å². The molecule has 2 aromatic rings.